The lowest BCUT2D eigenvalue weighted by Crippen LogP contribution is -2.41. The maximum absolute atomic E-state index is 5.29. The van der Waals surface area contributed by atoms with Crippen LogP contribution in [0.3, 0.4) is 0 Å². The molecule has 1 atom stereocenters. The van der Waals surface area contributed by atoms with Crippen molar-refractivity contribution in [3.63, 3.8) is 0 Å². The number of hydrogen-bond acceptors (Lipinski definition) is 2. The minimum absolute atomic E-state index is 0.363. The molecule has 0 aliphatic rings. The summed E-state index contributed by atoms with van der Waals surface area (Å²) >= 11 is 5.21. The highest BCUT2D eigenvalue weighted by molar-refractivity contribution is 7.80. The second-order valence-corrected chi connectivity index (χ2v) is 4.68. The van der Waals surface area contributed by atoms with Crippen molar-refractivity contribution < 1.29 is 4.42 Å². The molecule has 1 heterocycles. The van der Waals surface area contributed by atoms with Crippen LogP contribution in [-0.2, 0) is 6.42 Å². The quantitative estimate of drug-likeness (QED) is 0.579. The molecule has 0 radical (unpaired) electrons. The zero-order chi connectivity index (χ0) is 12.5. The van der Waals surface area contributed by atoms with Gasteiger partial charge in [0.2, 0.25) is 0 Å². The van der Waals surface area contributed by atoms with E-state index < -0.39 is 0 Å². The molecule has 0 saturated carbocycles. The standard InChI is InChI=1S/C13H22N2OS/c1-3-4-9-14-13(17)15-11(2)7-8-12-6-5-10-16-12/h5-6,10-11H,3-4,7-9H2,1-2H3,(H2,14,15,17). The van der Waals surface area contributed by atoms with Gasteiger partial charge in [-0.3, -0.25) is 0 Å². The van der Waals surface area contributed by atoms with E-state index in [2.05, 4.69) is 24.5 Å². The van der Waals surface area contributed by atoms with Crippen molar-refractivity contribution in [3.05, 3.63) is 24.2 Å². The van der Waals surface area contributed by atoms with Crippen LogP contribution in [0.25, 0.3) is 0 Å². The van der Waals surface area contributed by atoms with E-state index in [4.69, 9.17) is 16.6 Å². The van der Waals surface area contributed by atoms with Crippen LogP contribution in [0.2, 0.25) is 0 Å². The Morgan fingerprint density at radius 1 is 1.53 bits per heavy atom. The van der Waals surface area contributed by atoms with Crippen LogP contribution in [0.1, 0.15) is 38.9 Å². The lowest BCUT2D eigenvalue weighted by atomic mass is 10.1. The summed E-state index contributed by atoms with van der Waals surface area (Å²) in [5.41, 5.74) is 0. The van der Waals surface area contributed by atoms with E-state index in [1.807, 2.05) is 12.1 Å². The van der Waals surface area contributed by atoms with Crippen molar-refractivity contribution in [2.75, 3.05) is 6.54 Å². The summed E-state index contributed by atoms with van der Waals surface area (Å²) in [7, 11) is 0. The third-order valence-corrected chi connectivity index (χ3v) is 2.86. The minimum Gasteiger partial charge on any atom is -0.469 e. The number of nitrogens with one attached hydrogen (secondary N) is 2. The molecule has 2 N–H and O–H groups in total. The van der Waals surface area contributed by atoms with Crippen LogP contribution in [0, 0.1) is 0 Å². The van der Waals surface area contributed by atoms with Crippen LogP contribution >= 0.6 is 12.2 Å². The number of rotatable bonds is 7. The summed E-state index contributed by atoms with van der Waals surface area (Å²) in [6.45, 7) is 5.26. The summed E-state index contributed by atoms with van der Waals surface area (Å²) in [6.07, 6.45) is 6.01. The first-order chi connectivity index (χ1) is 8.22. The van der Waals surface area contributed by atoms with Crippen LogP contribution in [-0.4, -0.2) is 17.7 Å². The zero-order valence-corrected chi connectivity index (χ0v) is 11.5. The Bertz CT molecular complexity index is 311. The van der Waals surface area contributed by atoms with E-state index >= 15 is 0 Å². The Kier molecular flexibility index (Phi) is 6.70. The first-order valence-electron chi connectivity index (χ1n) is 6.29. The molecule has 0 amide bonds. The van der Waals surface area contributed by atoms with Gasteiger partial charge >= 0.3 is 0 Å². The van der Waals surface area contributed by atoms with E-state index in [9.17, 15) is 0 Å². The lowest BCUT2D eigenvalue weighted by Gasteiger charge is -2.16. The number of aryl methyl sites for hydroxylation is 1. The molecule has 0 saturated heterocycles. The maximum atomic E-state index is 5.29. The van der Waals surface area contributed by atoms with Crippen LogP contribution < -0.4 is 10.6 Å². The van der Waals surface area contributed by atoms with E-state index in [1.54, 1.807) is 6.26 Å². The summed E-state index contributed by atoms with van der Waals surface area (Å²) in [5.74, 6) is 1.03. The van der Waals surface area contributed by atoms with Crippen molar-refractivity contribution in [1.82, 2.24) is 10.6 Å². The minimum atomic E-state index is 0.363. The molecule has 0 aliphatic carbocycles. The van der Waals surface area contributed by atoms with Crippen molar-refractivity contribution >= 4 is 17.3 Å². The molecule has 0 bridgehead atoms. The molecule has 1 unspecified atom stereocenters. The fourth-order valence-corrected chi connectivity index (χ4v) is 1.84. The van der Waals surface area contributed by atoms with Gasteiger partial charge in [-0.15, -0.1) is 0 Å². The van der Waals surface area contributed by atoms with Crippen molar-refractivity contribution in [1.29, 1.82) is 0 Å². The molecule has 1 aromatic rings. The highest BCUT2D eigenvalue weighted by Crippen LogP contribution is 2.05. The molecule has 17 heavy (non-hydrogen) atoms. The van der Waals surface area contributed by atoms with Gasteiger partial charge in [0, 0.05) is 19.0 Å². The summed E-state index contributed by atoms with van der Waals surface area (Å²) in [4.78, 5) is 0. The van der Waals surface area contributed by atoms with Crippen molar-refractivity contribution in [3.8, 4) is 0 Å². The van der Waals surface area contributed by atoms with Gasteiger partial charge in [-0.2, -0.15) is 0 Å². The predicted octanol–water partition coefficient (Wildman–Crippen LogP) is 2.86. The van der Waals surface area contributed by atoms with Gasteiger partial charge < -0.3 is 15.1 Å². The topological polar surface area (TPSA) is 37.2 Å². The maximum Gasteiger partial charge on any atom is 0.166 e. The highest BCUT2D eigenvalue weighted by atomic mass is 32.1. The summed E-state index contributed by atoms with van der Waals surface area (Å²) in [5, 5.41) is 7.24. The predicted molar refractivity (Wildman–Crippen MR) is 75.1 cm³/mol. The van der Waals surface area contributed by atoms with Gasteiger partial charge in [0.05, 0.1) is 6.26 Å². The molecule has 0 aliphatic heterocycles. The van der Waals surface area contributed by atoms with E-state index in [-0.39, 0.29) is 0 Å². The first-order valence-corrected chi connectivity index (χ1v) is 6.70. The molecule has 96 valence electrons. The Morgan fingerprint density at radius 3 is 3.00 bits per heavy atom. The smallest absolute Gasteiger partial charge is 0.166 e. The lowest BCUT2D eigenvalue weighted by molar-refractivity contribution is 0.482. The first kappa shape index (κ1) is 14.0. The van der Waals surface area contributed by atoms with Gasteiger partial charge in [0.1, 0.15) is 5.76 Å². The second-order valence-electron chi connectivity index (χ2n) is 4.27. The Hall–Kier alpha value is -1.03. The number of furan rings is 1. The molecule has 1 rings (SSSR count). The molecular weight excluding hydrogens is 232 g/mol. The Labute approximate surface area is 109 Å². The Balaban J connectivity index is 2.11. The van der Waals surface area contributed by atoms with Crippen LogP contribution in [0.15, 0.2) is 22.8 Å². The van der Waals surface area contributed by atoms with Gasteiger partial charge in [0.25, 0.3) is 0 Å². The number of thiocarbonyl (C=S) groups is 1. The molecule has 1 aromatic heterocycles. The van der Waals surface area contributed by atoms with E-state index in [0.717, 1.165) is 36.7 Å². The summed E-state index contributed by atoms with van der Waals surface area (Å²) in [6, 6.07) is 4.29. The number of hydrogen-bond donors (Lipinski definition) is 2. The Morgan fingerprint density at radius 2 is 2.35 bits per heavy atom. The SMILES string of the molecule is CCCCNC(=S)NC(C)CCc1ccco1. The normalized spacial score (nSPS) is 12.1. The van der Waals surface area contributed by atoms with Crippen molar-refractivity contribution in [2.24, 2.45) is 0 Å². The molecular formula is C13H22N2OS. The van der Waals surface area contributed by atoms with E-state index in [0.29, 0.717) is 6.04 Å². The monoisotopic (exact) mass is 254 g/mol. The second kappa shape index (κ2) is 8.12. The fraction of sp³-hybridized carbons (Fsp3) is 0.615. The molecule has 0 spiro atoms. The molecule has 3 nitrogen and oxygen atoms in total. The average Bonchev–Trinajstić information content (AvgIpc) is 2.79. The zero-order valence-electron chi connectivity index (χ0n) is 10.7. The highest BCUT2D eigenvalue weighted by Gasteiger charge is 2.05. The molecule has 4 heteroatoms. The average molecular weight is 254 g/mol. The fourth-order valence-electron chi connectivity index (χ4n) is 1.54. The summed E-state index contributed by atoms with van der Waals surface area (Å²) < 4.78 is 5.29. The van der Waals surface area contributed by atoms with Crippen molar-refractivity contribution in [2.45, 2.75) is 45.6 Å². The third-order valence-electron chi connectivity index (χ3n) is 2.60. The third kappa shape index (κ3) is 6.31. The van der Waals surface area contributed by atoms with Gasteiger partial charge in [-0.05, 0) is 44.1 Å². The molecule has 0 aromatic carbocycles. The van der Waals surface area contributed by atoms with Crippen LogP contribution in [0.4, 0.5) is 0 Å². The number of unbranched alkanes of at least 4 members (excludes halogenated alkanes) is 1. The van der Waals surface area contributed by atoms with Gasteiger partial charge in [0.15, 0.2) is 5.11 Å². The largest absolute Gasteiger partial charge is 0.469 e. The van der Waals surface area contributed by atoms with Crippen LogP contribution in [0.5, 0.6) is 0 Å². The van der Waals surface area contributed by atoms with Gasteiger partial charge in [-0.25, -0.2) is 0 Å². The van der Waals surface area contributed by atoms with E-state index in [1.165, 1.54) is 6.42 Å². The molecule has 0 fully saturated rings. The van der Waals surface area contributed by atoms with Gasteiger partial charge in [-0.1, -0.05) is 13.3 Å².